The summed E-state index contributed by atoms with van der Waals surface area (Å²) < 4.78 is 7.20. The lowest BCUT2D eigenvalue weighted by atomic mass is 10.00. The highest BCUT2D eigenvalue weighted by Gasteiger charge is 2.16. The van der Waals surface area contributed by atoms with Crippen molar-refractivity contribution in [2.75, 3.05) is 6.54 Å². The fourth-order valence-electron chi connectivity index (χ4n) is 3.45. The number of aromatic nitrogens is 4. The highest BCUT2D eigenvalue weighted by Crippen LogP contribution is 2.27. The van der Waals surface area contributed by atoms with Gasteiger partial charge in [-0.25, -0.2) is 19.6 Å². The standard InChI is InChI=1S/C26H32N6O2/c1-18(2)16-32-17-20(15-31-32)11-21-12-22(27-6)7-8-23(21)24-29-13-19(14-30-24)9-10-28-25(33)34-26(3,4)5/h7-8,12-15,17-18H,9-11,16H2,1-5H3,(H,28,33). The molecule has 178 valence electrons. The lowest BCUT2D eigenvalue weighted by molar-refractivity contribution is 0.0528. The number of ether oxygens (including phenoxy) is 1. The molecule has 3 rings (SSSR count). The summed E-state index contributed by atoms with van der Waals surface area (Å²) in [6.07, 6.45) is 8.26. The van der Waals surface area contributed by atoms with Crippen molar-refractivity contribution in [2.24, 2.45) is 5.92 Å². The van der Waals surface area contributed by atoms with Gasteiger partial charge in [0.15, 0.2) is 11.5 Å². The maximum atomic E-state index is 11.8. The van der Waals surface area contributed by atoms with Gasteiger partial charge in [-0.15, -0.1) is 0 Å². The van der Waals surface area contributed by atoms with Crippen LogP contribution < -0.4 is 5.32 Å². The number of hydrogen-bond donors (Lipinski definition) is 1. The van der Waals surface area contributed by atoms with Crippen LogP contribution in [0, 0.1) is 12.5 Å². The van der Waals surface area contributed by atoms with Crippen molar-refractivity contribution in [3.05, 3.63) is 71.1 Å². The van der Waals surface area contributed by atoms with Gasteiger partial charge in [-0.3, -0.25) is 4.68 Å². The van der Waals surface area contributed by atoms with Gasteiger partial charge in [0.05, 0.1) is 12.8 Å². The largest absolute Gasteiger partial charge is 0.444 e. The lowest BCUT2D eigenvalue weighted by Gasteiger charge is -2.19. The van der Waals surface area contributed by atoms with E-state index >= 15 is 0 Å². The fourth-order valence-corrected chi connectivity index (χ4v) is 3.45. The quantitative estimate of drug-likeness (QED) is 0.467. The summed E-state index contributed by atoms with van der Waals surface area (Å²) >= 11 is 0. The Kier molecular flexibility index (Phi) is 8.00. The summed E-state index contributed by atoms with van der Waals surface area (Å²) in [5, 5.41) is 7.20. The van der Waals surface area contributed by atoms with Crippen LogP contribution in [0.25, 0.3) is 16.2 Å². The minimum atomic E-state index is -0.525. The van der Waals surface area contributed by atoms with E-state index in [9.17, 15) is 4.79 Å². The Bertz CT molecular complexity index is 1150. The van der Waals surface area contributed by atoms with Crippen LogP contribution in [0.1, 0.15) is 51.3 Å². The summed E-state index contributed by atoms with van der Waals surface area (Å²) in [5.41, 5.74) is 3.92. The smallest absolute Gasteiger partial charge is 0.407 e. The lowest BCUT2D eigenvalue weighted by Crippen LogP contribution is -2.33. The molecule has 0 aliphatic heterocycles. The molecule has 0 bridgehead atoms. The third kappa shape index (κ3) is 7.41. The van der Waals surface area contributed by atoms with Crippen molar-refractivity contribution < 1.29 is 9.53 Å². The number of amides is 1. The monoisotopic (exact) mass is 460 g/mol. The molecule has 8 heteroatoms. The Hall–Kier alpha value is -3.73. The van der Waals surface area contributed by atoms with Crippen molar-refractivity contribution in [1.29, 1.82) is 0 Å². The summed E-state index contributed by atoms with van der Waals surface area (Å²) in [6, 6.07) is 5.58. The van der Waals surface area contributed by atoms with E-state index in [0.717, 1.165) is 28.8 Å². The van der Waals surface area contributed by atoms with Gasteiger partial charge in [0.25, 0.3) is 0 Å². The number of nitrogens with zero attached hydrogens (tertiary/aromatic N) is 5. The number of rotatable bonds is 8. The van der Waals surface area contributed by atoms with Crippen LogP contribution in [0.3, 0.4) is 0 Å². The van der Waals surface area contributed by atoms with E-state index in [1.54, 1.807) is 18.5 Å². The molecule has 34 heavy (non-hydrogen) atoms. The summed E-state index contributed by atoms with van der Waals surface area (Å²) in [5.74, 6) is 1.12. The van der Waals surface area contributed by atoms with Crippen LogP contribution in [0.2, 0.25) is 0 Å². The van der Waals surface area contributed by atoms with E-state index in [1.165, 1.54) is 0 Å². The summed E-state index contributed by atoms with van der Waals surface area (Å²) in [7, 11) is 0. The number of nitrogens with one attached hydrogen (secondary N) is 1. The molecule has 2 aromatic heterocycles. The first-order valence-electron chi connectivity index (χ1n) is 11.4. The van der Waals surface area contributed by atoms with Gasteiger partial charge in [0, 0.05) is 43.7 Å². The SMILES string of the molecule is [C-]#[N+]c1ccc(-c2ncc(CCNC(=O)OC(C)(C)C)cn2)c(Cc2cnn(CC(C)C)c2)c1. The maximum Gasteiger partial charge on any atom is 0.407 e. The van der Waals surface area contributed by atoms with E-state index in [2.05, 4.69) is 45.3 Å². The van der Waals surface area contributed by atoms with E-state index in [4.69, 9.17) is 11.3 Å². The molecule has 0 fully saturated rings. The highest BCUT2D eigenvalue weighted by atomic mass is 16.6. The van der Waals surface area contributed by atoms with Gasteiger partial charge >= 0.3 is 6.09 Å². The van der Waals surface area contributed by atoms with Crippen molar-refractivity contribution in [1.82, 2.24) is 25.1 Å². The zero-order chi connectivity index (χ0) is 24.7. The minimum absolute atomic E-state index is 0.433. The molecule has 0 atom stereocenters. The number of carbonyl (C=O) groups excluding carboxylic acids is 1. The molecular formula is C26H32N6O2. The molecule has 1 aromatic carbocycles. The molecule has 1 amide bonds. The van der Waals surface area contributed by atoms with Crippen LogP contribution in [0.4, 0.5) is 10.5 Å². The number of benzene rings is 1. The summed E-state index contributed by atoms with van der Waals surface area (Å²) in [4.78, 5) is 24.5. The second-order valence-corrected chi connectivity index (χ2v) is 9.69. The van der Waals surface area contributed by atoms with Crippen molar-refractivity contribution in [3.63, 3.8) is 0 Å². The first kappa shape index (κ1) is 24.9. The second kappa shape index (κ2) is 10.9. The molecule has 0 aliphatic rings. The first-order valence-corrected chi connectivity index (χ1v) is 11.4. The van der Waals surface area contributed by atoms with Gasteiger partial charge in [-0.2, -0.15) is 5.10 Å². The second-order valence-electron chi connectivity index (χ2n) is 9.69. The van der Waals surface area contributed by atoms with Crippen LogP contribution in [-0.2, 0) is 24.1 Å². The van der Waals surface area contributed by atoms with Crippen LogP contribution in [0.15, 0.2) is 43.0 Å². The predicted octanol–water partition coefficient (Wildman–Crippen LogP) is 5.20. The minimum Gasteiger partial charge on any atom is -0.444 e. The topological polar surface area (TPSA) is 86.3 Å². The van der Waals surface area contributed by atoms with Crippen molar-refractivity contribution in [3.8, 4) is 11.4 Å². The van der Waals surface area contributed by atoms with Crippen LogP contribution in [0.5, 0.6) is 0 Å². The van der Waals surface area contributed by atoms with Gasteiger partial charge < -0.3 is 10.1 Å². The molecule has 0 spiro atoms. The van der Waals surface area contributed by atoms with Gasteiger partial charge in [-0.1, -0.05) is 32.0 Å². The zero-order valence-corrected chi connectivity index (χ0v) is 20.5. The fraction of sp³-hybridized carbons (Fsp3) is 0.423. The number of alkyl carbamates (subject to hydrolysis) is 1. The molecule has 8 nitrogen and oxygen atoms in total. The highest BCUT2D eigenvalue weighted by molar-refractivity contribution is 5.67. The Balaban J connectivity index is 1.71. The number of hydrogen-bond acceptors (Lipinski definition) is 5. The predicted molar refractivity (Wildman–Crippen MR) is 132 cm³/mol. The van der Waals surface area contributed by atoms with E-state index < -0.39 is 11.7 Å². The third-order valence-electron chi connectivity index (χ3n) is 4.88. The Morgan fingerprint density at radius 3 is 2.56 bits per heavy atom. The maximum absolute atomic E-state index is 11.8. The first-order chi connectivity index (χ1) is 16.1. The van der Waals surface area contributed by atoms with Gasteiger partial charge in [0.2, 0.25) is 0 Å². The summed E-state index contributed by atoms with van der Waals surface area (Å²) in [6.45, 7) is 18.5. The average molecular weight is 461 g/mol. The van der Waals surface area contributed by atoms with Gasteiger partial charge in [0.1, 0.15) is 5.60 Å². The molecule has 0 saturated carbocycles. The molecule has 0 radical (unpaired) electrons. The molecule has 0 aliphatic carbocycles. The zero-order valence-electron chi connectivity index (χ0n) is 20.5. The molecule has 0 unspecified atom stereocenters. The average Bonchev–Trinajstić information content (AvgIpc) is 3.19. The van der Waals surface area contributed by atoms with Gasteiger partial charge in [-0.05, 0) is 49.8 Å². The molecule has 2 heterocycles. The van der Waals surface area contributed by atoms with Crippen LogP contribution in [-0.4, -0.2) is 38.0 Å². The Morgan fingerprint density at radius 2 is 1.91 bits per heavy atom. The van der Waals surface area contributed by atoms with Crippen molar-refractivity contribution >= 4 is 11.8 Å². The van der Waals surface area contributed by atoms with E-state index in [0.29, 0.717) is 36.8 Å². The molecule has 0 saturated heterocycles. The number of carbonyl (C=O) groups is 1. The molecule has 3 aromatic rings. The Morgan fingerprint density at radius 1 is 1.18 bits per heavy atom. The Labute approximate surface area is 201 Å². The van der Waals surface area contributed by atoms with E-state index in [-0.39, 0.29) is 0 Å². The third-order valence-corrected chi connectivity index (χ3v) is 4.88. The van der Waals surface area contributed by atoms with E-state index in [1.807, 2.05) is 43.8 Å². The van der Waals surface area contributed by atoms with Crippen molar-refractivity contribution in [2.45, 2.75) is 59.6 Å². The molecular weight excluding hydrogens is 428 g/mol. The van der Waals surface area contributed by atoms with Crippen LogP contribution >= 0.6 is 0 Å². The normalized spacial score (nSPS) is 11.3. The molecule has 1 N–H and O–H groups in total.